The Kier molecular flexibility index (Phi) is 6.00. The van der Waals surface area contributed by atoms with E-state index in [2.05, 4.69) is 10.6 Å². The van der Waals surface area contributed by atoms with Crippen LogP contribution in [0.3, 0.4) is 0 Å². The molecule has 1 aromatic rings. The highest BCUT2D eigenvalue weighted by Crippen LogP contribution is 2.22. The van der Waals surface area contributed by atoms with Crippen molar-refractivity contribution in [3.63, 3.8) is 0 Å². The van der Waals surface area contributed by atoms with Crippen LogP contribution in [0.4, 0.5) is 0 Å². The zero-order valence-corrected chi connectivity index (χ0v) is 15.1. The Hall–Kier alpha value is -2.15. The van der Waals surface area contributed by atoms with Crippen LogP contribution in [0, 0.1) is 5.41 Å². The maximum Gasteiger partial charge on any atom is 0.255 e. The molecule has 7 nitrogen and oxygen atoms in total. The summed E-state index contributed by atoms with van der Waals surface area (Å²) in [6, 6.07) is 0.113. The molecule has 1 fully saturated rings. The molecule has 2 rings (SSSR count). The lowest BCUT2D eigenvalue weighted by Crippen LogP contribution is -2.54. The number of ether oxygens (including phenoxy) is 1. The van der Waals surface area contributed by atoms with Gasteiger partial charge in [0.1, 0.15) is 25.0 Å². The molecule has 1 saturated heterocycles. The second-order valence-electron chi connectivity index (χ2n) is 7.51. The molecule has 0 spiro atoms. The van der Waals surface area contributed by atoms with Gasteiger partial charge in [0.15, 0.2) is 5.78 Å². The largest absolute Gasteiger partial charge is 0.472 e. The first-order valence-corrected chi connectivity index (χ1v) is 8.49. The maximum absolute atomic E-state index is 12.7. The molecule has 0 bridgehead atoms. The molecule has 1 unspecified atom stereocenters. The van der Waals surface area contributed by atoms with Gasteiger partial charge in [-0.15, -0.1) is 0 Å². The molecule has 1 aliphatic heterocycles. The van der Waals surface area contributed by atoms with Gasteiger partial charge in [-0.1, -0.05) is 27.7 Å². The number of ketones is 1. The van der Waals surface area contributed by atoms with Gasteiger partial charge in [0.25, 0.3) is 5.91 Å². The molecule has 138 valence electrons. The van der Waals surface area contributed by atoms with Crippen molar-refractivity contribution in [2.24, 2.45) is 5.41 Å². The zero-order valence-electron chi connectivity index (χ0n) is 15.1. The molecule has 2 amide bonds. The Morgan fingerprint density at radius 1 is 1.36 bits per heavy atom. The van der Waals surface area contributed by atoms with Crippen molar-refractivity contribution in [1.82, 2.24) is 10.6 Å². The third-order valence-electron chi connectivity index (χ3n) is 4.08. The lowest BCUT2D eigenvalue weighted by molar-refractivity contribution is -0.128. The molecule has 0 aliphatic carbocycles. The number of Topliss-reactive ketones (excluding diaryl/α,β-unsaturated/α-hetero) is 1. The zero-order chi connectivity index (χ0) is 18.6. The maximum atomic E-state index is 12.7. The lowest BCUT2D eigenvalue weighted by atomic mass is 9.87. The molecule has 2 N–H and O–H groups in total. The van der Waals surface area contributed by atoms with E-state index < -0.39 is 12.1 Å². The fourth-order valence-electron chi connectivity index (χ4n) is 2.82. The Morgan fingerprint density at radius 3 is 2.64 bits per heavy atom. The van der Waals surface area contributed by atoms with Crippen molar-refractivity contribution in [3.05, 3.63) is 24.2 Å². The van der Waals surface area contributed by atoms with E-state index in [9.17, 15) is 14.4 Å². The van der Waals surface area contributed by atoms with Crippen LogP contribution >= 0.6 is 0 Å². The van der Waals surface area contributed by atoms with Gasteiger partial charge in [-0.05, 0) is 24.3 Å². The number of hydrogen-bond donors (Lipinski definition) is 2. The van der Waals surface area contributed by atoms with E-state index >= 15 is 0 Å². The summed E-state index contributed by atoms with van der Waals surface area (Å²) in [5.74, 6) is -0.913. The molecule has 0 aromatic carbocycles. The van der Waals surface area contributed by atoms with Crippen molar-refractivity contribution in [1.29, 1.82) is 0 Å². The summed E-state index contributed by atoms with van der Waals surface area (Å²) in [7, 11) is 0. The van der Waals surface area contributed by atoms with Crippen LogP contribution in [0.25, 0.3) is 0 Å². The Labute approximate surface area is 147 Å². The van der Waals surface area contributed by atoms with Crippen molar-refractivity contribution in [2.45, 2.75) is 58.7 Å². The molecule has 3 atom stereocenters. The number of carbonyl (C=O) groups is 3. The van der Waals surface area contributed by atoms with Crippen molar-refractivity contribution >= 4 is 17.6 Å². The van der Waals surface area contributed by atoms with Crippen LogP contribution in [-0.4, -0.2) is 42.4 Å². The summed E-state index contributed by atoms with van der Waals surface area (Å²) < 4.78 is 10.3. The smallest absolute Gasteiger partial charge is 0.255 e. The molecule has 0 radical (unpaired) electrons. The van der Waals surface area contributed by atoms with E-state index in [1.807, 2.05) is 27.7 Å². The summed E-state index contributed by atoms with van der Waals surface area (Å²) in [6.07, 6.45) is 3.45. The number of carbonyl (C=O) groups excluding carboxylic acids is 3. The number of furan rings is 1. The fraction of sp³-hybridized carbons (Fsp3) is 0.611. The number of nitrogens with one attached hydrogen (secondary N) is 2. The van der Waals surface area contributed by atoms with Crippen molar-refractivity contribution in [2.75, 3.05) is 6.61 Å². The Balaban J connectivity index is 2.09. The van der Waals surface area contributed by atoms with E-state index in [-0.39, 0.29) is 35.7 Å². The van der Waals surface area contributed by atoms with Gasteiger partial charge >= 0.3 is 0 Å². The first-order chi connectivity index (χ1) is 11.7. The first kappa shape index (κ1) is 19.2. The van der Waals surface area contributed by atoms with Crippen LogP contribution in [0.1, 0.15) is 50.9 Å². The standard InChI is InChI=1S/C18H26N2O5/c1-5-14-15(13(21)10-25-14)20-17(23)12(8-18(2,3)4)19-16(22)11-6-7-24-9-11/h6-7,9,12,14-15H,5,8,10H2,1-4H3,(H,19,22)(H,20,23)/t12-,14?,15+/m0/s1. The van der Waals surface area contributed by atoms with Gasteiger partial charge in [0.2, 0.25) is 5.91 Å². The normalized spacial score (nSPS) is 21.8. The second kappa shape index (κ2) is 7.82. The summed E-state index contributed by atoms with van der Waals surface area (Å²) in [5, 5.41) is 5.49. The summed E-state index contributed by atoms with van der Waals surface area (Å²) in [4.78, 5) is 37.0. The van der Waals surface area contributed by atoms with Crippen molar-refractivity contribution < 1.29 is 23.5 Å². The second-order valence-corrected chi connectivity index (χ2v) is 7.51. The number of amides is 2. The molecule has 1 aliphatic rings. The first-order valence-electron chi connectivity index (χ1n) is 8.49. The molecule has 25 heavy (non-hydrogen) atoms. The van der Waals surface area contributed by atoms with Crippen molar-refractivity contribution in [3.8, 4) is 0 Å². The minimum atomic E-state index is -0.756. The van der Waals surface area contributed by atoms with Gasteiger partial charge in [0.05, 0.1) is 17.9 Å². The van der Waals surface area contributed by atoms with E-state index in [0.717, 1.165) is 0 Å². The number of rotatable bonds is 6. The van der Waals surface area contributed by atoms with E-state index in [4.69, 9.17) is 9.15 Å². The Bertz CT molecular complexity index is 618. The molecule has 2 heterocycles. The monoisotopic (exact) mass is 350 g/mol. The molecular formula is C18H26N2O5. The predicted octanol–water partition coefficient (Wildman–Crippen LogP) is 1.68. The quantitative estimate of drug-likeness (QED) is 0.813. The van der Waals surface area contributed by atoms with Gasteiger partial charge < -0.3 is 19.8 Å². The van der Waals surface area contributed by atoms with Crippen LogP contribution < -0.4 is 10.6 Å². The Morgan fingerprint density at radius 2 is 2.08 bits per heavy atom. The van der Waals surface area contributed by atoms with Crippen LogP contribution in [0.5, 0.6) is 0 Å². The molecule has 0 saturated carbocycles. The van der Waals surface area contributed by atoms with Gasteiger partial charge in [-0.3, -0.25) is 14.4 Å². The highest BCUT2D eigenvalue weighted by molar-refractivity contribution is 5.98. The van der Waals surface area contributed by atoms with Crippen LogP contribution in [-0.2, 0) is 14.3 Å². The lowest BCUT2D eigenvalue weighted by Gasteiger charge is -2.27. The van der Waals surface area contributed by atoms with Crippen LogP contribution in [0.15, 0.2) is 23.0 Å². The fourth-order valence-corrected chi connectivity index (χ4v) is 2.82. The average Bonchev–Trinajstić information content (AvgIpc) is 3.16. The molecule has 1 aromatic heterocycles. The SMILES string of the molecule is CCC1OCC(=O)[C@H]1NC(=O)[C@H](CC(C)(C)C)NC(=O)c1ccoc1. The highest BCUT2D eigenvalue weighted by Gasteiger charge is 2.38. The predicted molar refractivity (Wildman–Crippen MR) is 91.0 cm³/mol. The van der Waals surface area contributed by atoms with E-state index in [1.165, 1.54) is 18.6 Å². The minimum Gasteiger partial charge on any atom is -0.472 e. The summed E-state index contributed by atoms with van der Waals surface area (Å²) in [5.41, 5.74) is 0.157. The number of hydrogen-bond acceptors (Lipinski definition) is 5. The van der Waals surface area contributed by atoms with Gasteiger partial charge in [-0.25, -0.2) is 0 Å². The average molecular weight is 350 g/mol. The third-order valence-corrected chi connectivity index (χ3v) is 4.08. The highest BCUT2D eigenvalue weighted by atomic mass is 16.5. The molecule has 7 heteroatoms. The summed E-state index contributed by atoms with van der Waals surface area (Å²) >= 11 is 0. The minimum absolute atomic E-state index is 0.00870. The third kappa shape index (κ3) is 5.16. The van der Waals surface area contributed by atoms with Crippen LogP contribution in [0.2, 0.25) is 0 Å². The van der Waals surface area contributed by atoms with Gasteiger partial charge in [0, 0.05) is 0 Å². The van der Waals surface area contributed by atoms with E-state index in [0.29, 0.717) is 18.4 Å². The topological polar surface area (TPSA) is 97.6 Å². The molecular weight excluding hydrogens is 324 g/mol. The van der Waals surface area contributed by atoms with E-state index in [1.54, 1.807) is 0 Å². The van der Waals surface area contributed by atoms with Gasteiger partial charge in [-0.2, -0.15) is 0 Å². The summed E-state index contributed by atoms with van der Waals surface area (Å²) in [6.45, 7) is 7.85.